The Morgan fingerprint density at radius 1 is 1.07 bits per heavy atom. The molecule has 15 heavy (non-hydrogen) atoms. The highest BCUT2D eigenvalue weighted by Gasteiger charge is 2.22. The van der Waals surface area contributed by atoms with E-state index in [-0.39, 0.29) is 0 Å². The first kappa shape index (κ1) is 12.9. The zero-order valence-electron chi connectivity index (χ0n) is 10.2. The van der Waals surface area contributed by atoms with Crippen molar-refractivity contribution >= 4 is 0 Å². The van der Waals surface area contributed by atoms with Crippen molar-refractivity contribution < 1.29 is 9.47 Å². The second kappa shape index (κ2) is 7.17. The van der Waals surface area contributed by atoms with Crippen LogP contribution in [-0.2, 0) is 9.47 Å². The van der Waals surface area contributed by atoms with Gasteiger partial charge in [0.25, 0.3) is 0 Å². The molecule has 90 valence electrons. The number of ether oxygens (including phenoxy) is 2. The Bertz CT molecular complexity index is 167. The fourth-order valence-electron chi connectivity index (χ4n) is 2.03. The molecule has 1 atom stereocenters. The van der Waals surface area contributed by atoms with Crippen molar-refractivity contribution in [1.29, 1.82) is 0 Å². The second-order valence-electron chi connectivity index (χ2n) is 4.17. The van der Waals surface area contributed by atoms with Crippen LogP contribution in [0.1, 0.15) is 6.92 Å². The summed E-state index contributed by atoms with van der Waals surface area (Å²) in [5.41, 5.74) is 0. The monoisotopic (exact) mass is 216 g/mol. The van der Waals surface area contributed by atoms with Gasteiger partial charge in [0.2, 0.25) is 0 Å². The van der Waals surface area contributed by atoms with E-state index in [1.807, 2.05) is 0 Å². The summed E-state index contributed by atoms with van der Waals surface area (Å²) in [5.74, 6) is 0. The minimum atomic E-state index is 0.630. The van der Waals surface area contributed by atoms with Crippen LogP contribution in [0.15, 0.2) is 0 Å². The maximum atomic E-state index is 5.11. The number of nitrogens with zero attached hydrogens (tertiary/aromatic N) is 2. The standard InChI is InChI=1S/C11H24N2O2/c1-11-10-12(6-8-14-2)4-5-13(11)7-9-15-3/h11H,4-10H2,1-3H3. The van der Waals surface area contributed by atoms with Gasteiger partial charge >= 0.3 is 0 Å². The molecule has 0 aromatic heterocycles. The van der Waals surface area contributed by atoms with Crippen LogP contribution in [0.2, 0.25) is 0 Å². The van der Waals surface area contributed by atoms with Gasteiger partial charge < -0.3 is 9.47 Å². The van der Waals surface area contributed by atoms with Crippen LogP contribution in [0.5, 0.6) is 0 Å². The topological polar surface area (TPSA) is 24.9 Å². The normalized spacial score (nSPS) is 24.6. The second-order valence-corrected chi connectivity index (χ2v) is 4.17. The molecular formula is C11H24N2O2. The fourth-order valence-corrected chi connectivity index (χ4v) is 2.03. The van der Waals surface area contributed by atoms with Gasteiger partial charge in [-0.1, -0.05) is 0 Å². The Hall–Kier alpha value is -0.160. The average Bonchev–Trinajstić information content (AvgIpc) is 2.25. The van der Waals surface area contributed by atoms with Crippen molar-refractivity contribution in [3.8, 4) is 0 Å². The van der Waals surface area contributed by atoms with Gasteiger partial charge in [-0.25, -0.2) is 0 Å². The van der Waals surface area contributed by atoms with E-state index in [1.165, 1.54) is 0 Å². The third kappa shape index (κ3) is 4.47. The maximum absolute atomic E-state index is 5.11. The highest BCUT2D eigenvalue weighted by atomic mass is 16.5. The minimum Gasteiger partial charge on any atom is -0.383 e. The molecule has 4 nitrogen and oxygen atoms in total. The van der Waals surface area contributed by atoms with Crippen molar-refractivity contribution in [2.75, 3.05) is 60.2 Å². The van der Waals surface area contributed by atoms with Gasteiger partial charge in [-0.05, 0) is 6.92 Å². The lowest BCUT2D eigenvalue weighted by molar-refractivity contribution is 0.0463. The summed E-state index contributed by atoms with van der Waals surface area (Å²) >= 11 is 0. The lowest BCUT2D eigenvalue weighted by atomic mass is 10.2. The third-order valence-corrected chi connectivity index (χ3v) is 3.04. The quantitative estimate of drug-likeness (QED) is 0.637. The van der Waals surface area contributed by atoms with Gasteiger partial charge in [-0.3, -0.25) is 9.80 Å². The van der Waals surface area contributed by atoms with Crippen molar-refractivity contribution in [3.63, 3.8) is 0 Å². The summed E-state index contributed by atoms with van der Waals surface area (Å²) in [7, 11) is 3.53. The number of hydrogen-bond donors (Lipinski definition) is 0. The molecule has 0 bridgehead atoms. The number of methoxy groups -OCH3 is 2. The first-order valence-corrected chi connectivity index (χ1v) is 5.72. The van der Waals surface area contributed by atoms with E-state index in [9.17, 15) is 0 Å². The van der Waals surface area contributed by atoms with E-state index < -0.39 is 0 Å². The molecule has 0 saturated carbocycles. The predicted molar refractivity (Wildman–Crippen MR) is 61.2 cm³/mol. The zero-order chi connectivity index (χ0) is 11.1. The molecule has 1 heterocycles. The summed E-state index contributed by atoms with van der Waals surface area (Å²) in [5, 5.41) is 0. The molecular weight excluding hydrogens is 192 g/mol. The maximum Gasteiger partial charge on any atom is 0.0589 e. The van der Waals surface area contributed by atoms with Crippen molar-refractivity contribution in [1.82, 2.24) is 9.80 Å². The van der Waals surface area contributed by atoms with Crippen LogP contribution in [0.3, 0.4) is 0 Å². The van der Waals surface area contributed by atoms with Crippen molar-refractivity contribution in [2.24, 2.45) is 0 Å². The Morgan fingerprint density at radius 2 is 1.73 bits per heavy atom. The molecule has 0 aromatic carbocycles. The molecule has 1 unspecified atom stereocenters. The van der Waals surface area contributed by atoms with Crippen LogP contribution in [0, 0.1) is 0 Å². The van der Waals surface area contributed by atoms with E-state index in [1.54, 1.807) is 14.2 Å². The first-order chi connectivity index (χ1) is 7.27. The Morgan fingerprint density at radius 3 is 2.33 bits per heavy atom. The lowest BCUT2D eigenvalue weighted by Crippen LogP contribution is -2.53. The molecule has 0 amide bonds. The molecule has 0 radical (unpaired) electrons. The summed E-state index contributed by atoms with van der Waals surface area (Å²) in [6.45, 7) is 9.51. The van der Waals surface area contributed by atoms with Crippen molar-refractivity contribution in [3.05, 3.63) is 0 Å². The zero-order valence-corrected chi connectivity index (χ0v) is 10.2. The summed E-state index contributed by atoms with van der Waals surface area (Å²) < 4.78 is 10.2. The number of piperazine rings is 1. The van der Waals surface area contributed by atoms with E-state index in [0.29, 0.717) is 6.04 Å². The molecule has 0 aromatic rings. The van der Waals surface area contributed by atoms with Crippen LogP contribution < -0.4 is 0 Å². The minimum absolute atomic E-state index is 0.630. The van der Waals surface area contributed by atoms with Gasteiger partial charge in [-0.2, -0.15) is 0 Å². The summed E-state index contributed by atoms with van der Waals surface area (Å²) in [6, 6.07) is 0.630. The Labute approximate surface area is 93.1 Å². The van der Waals surface area contributed by atoms with Crippen LogP contribution in [0.4, 0.5) is 0 Å². The molecule has 0 aliphatic carbocycles. The first-order valence-electron chi connectivity index (χ1n) is 5.72. The van der Waals surface area contributed by atoms with E-state index in [4.69, 9.17) is 9.47 Å². The molecule has 1 saturated heterocycles. The molecule has 0 spiro atoms. The number of hydrogen-bond acceptors (Lipinski definition) is 4. The summed E-state index contributed by atoms with van der Waals surface area (Å²) in [4.78, 5) is 4.96. The predicted octanol–water partition coefficient (Wildman–Crippen LogP) is 0.285. The van der Waals surface area contributed by atoms with E-state index in [0.717, 1.165) is 45.9 Å². The third-order valence-electron chi connectivity index (χ3n) is 3.04. The van der Waals surface area contributed by atoms with Crippen LogP contribution in [0.25, 0.3) is 0 Å². The summed E-state index contributed by atoms with van der Waals surface area (Å²) in [6.07, 6.45) is 0. The highest BCUT2D eigenvalue weighted by Crippen LogP contribution is 2.08. The Balaban J connectivity index is 2.21. The number of rotatable bonds is 6. The smallest absolute Gasteiger partial charge is 0.0589 e. The molecule has 1 aliphatic rings. The molecule has 4 heteroatoms. The van der Waals surface area contributed by atoms with Crippen LogP contribution in [-0.4, -0.2) is 76.0 Å². The van der Waals surface area contributed by atoms with Gasteiger partial charge in [0.1, 0.15) is 0 Å². The van der Waals surface area contributed by atoms with Gasteiger partial charge in [-0.15, -0.1) is 0 Å². The highest BCUT2D eigenvalue weighted by molar-refractivity contribution is 4.78. The molecule has 0 N–H and O–H groups in total. The fraction of sp³-hybridized carbons (Fsp3) is 1.00. The molecule has 1 fully saturated rings. The Kier molecular flexibility index (Phi) is 6.17. The van der Waals surface area contributed by atoms with Crippen LogP contribution >= 0.6 is 0 Å². The van der Waals surface area contributed by atoms with Gasteiger partial charge in [0.05, 0.1) is 13.2 Å². The van der Waals surface area contributed by atoms with E-state index in [2.05, 4.69) is 16.7 Å². The molecule has 1 rings (SSSR count). The average molecular weight is 216 g/mol. The van der Waals surface area contributed by atoms with Gasteiger partial charge in [0, 0.05) is 53.0 Å². The lowest BCUT2D eigenvalue weighted by Gasteiger charge is -2.39. The van der Waals surface area contributed by atoms with Crippen molar-refractivity contribution in [2.45, 2.75) is 13.0 Å². The molecule has 1 aliphatic heterocycles. The van der Waals surface area contributed by atoms with Gasteiger partial charge in [0.15, 0.2) is 0 Å². The van der Waals surface area contributed by atoms with E-state index >= 15 is 0 Å². The SMILES string of the molecule is COCCN1CCN(CCOC)C(C)C1. The largest absolute Gasteiger partial charge is 0.383 e.